The first-order valence-corrected chi connectivity index (χ1v) is 10.3. The van der Waals surface area contributed by atoms with Gasteiger partial charge in [-0.05, 0) is 80.7 Å². The maximum atomic E-state index is 13.0. The number of rotatable bonds is 5. The lowest BCUT2D eigenvalue weighted by Gasteiger charge is -2.10. The van der Waals surface area contributed by atoms with Gasteiger partial charge in [0, 0.05) is 14.5 Å². The van der Waals surface area contributed by atoms with Gasteiger partial charge >= 0.3 is 0 Å². The number of thioether (sulfide) groups is 1. The van der Waals surface area contributed by atoms with Crippen LogP contribution in [0.5, 0.6) is 0 Å². The molecule has 0 aliphatic heterocycles. The lowest BCUT2D eigenvalue weighted by Crippen LogP contribution is -2.17. The molecule has 1 heterocycles. The third-order valence-corrected chi connectivity index (χ3v) is 5.74. The van der Waals surface area contributed by atoms with Crippen molar-refractivity contribution >= 4 is 55.2 Å². The van der Waals surface area contributed by atoms with Crippen LogP contribution in [-0.4, -0.2) is 26.5 Å². The van der Waals surface area contributed by atoms with Crippen molar-refractivity contribution in [1.29, 1.82) is 0 Å². The number of hydrogen-bond donors (Lipinski definition) is 2. The molecule has 3 N–H and O–H groups in total. The van der Waals surface area contributed by atoms with Crippen LogP contribution in [0.3, 0.4) is 0 Å². The third-order valence-electron chi connectivity index (χ3n) is 3.55. The Morgan fingerprint density at radius 2 is 1.85 bits per heavy atom. The molecule has 0 saturated carbocycles. The Bertz CT molecular complexity index is 970. The summed E-state index contributed by atoms with van der Waals surface area (Å²) in [6.07, 6.45) is 0. The molecule has 6 nitrogen and oxygen atoms in total. The van der Waals surface area contributed by atoms with Gasteiger partial charge in [0.1, 0.15) is 5.82 Å². The number of benzene rings is 2. The number of anilines is 1. The molecule has 0 fully saturated rings. The topological polar surface area (TPSA) is 85.8 Å². The summed E-state index contributed by atoms with van der Waals surface area (Å²) in [6, 6.07) is 9.60. The van der Waals surface area contributed by atoms with Crippen LogP contribution in [-0.2, 0) is 4.79 Å². The fraction of sp³-hybridized carbons (Fsp3) is 0.118. The second-order valence-corrected chi connectivity index (χ2v) is 8.27. The lowest BCUT2D eigenvalue weighted by molar-refractivity contribution is -0.113. The molecular formula is C17H14Br2FN5OS. The molecule has 0 bridgehead atoms. The zero-order chi connectivity index (χ0) is 19.6. The SMILES string of the molecule is Cc1cc(Br)c(NC(=O)CSc2nnc(-c3ccc(F)cc3)n2N)c(Br)c1. The average molecular weight is 515 g/mol. The van der Waals surface area contributed by atoms with Crippen LogP contribution in [0, 0.1) is 12.7 Å². The van der Waals surface area contributed by atoms with Crippen molar-refractivity contribution in [2.75, 3.05) is 16.9 Å². The van der Waals surface area contributed by atoms with Crippen LogP contribution < -0.4 is 11.2 Å². The maximum absolute atomic E-state index is 13.0. The fourth-order valence-electron chi connectivity index (χ4n) is 2.30. The van der Waals surface area contributed by atoms with Gasteiger partial charge in [0.25, 0.3) is 0 Å². The number of aromatic nitrogens is 3. The zero-order valence-electron chi connectivity index (χ0n) is 14.0. The average Bonchev–Trinajstić information content (AvgIpc) is 2.98. The van der Waals surface area contributed by atoms with Crippen LogP contribution in [0.4, 0.5) is 10.1 Å². The molecule has 3 rings (SSSR count). The molecule has 0 radical (unpaired) electrons. The van der Waals surface area contributed by atoms with E-state index in [9.17, 15) is 9.18 Å². The summed E-state index contributed by atoms with van der Waals surface area (Å²) in [6.45, 7) is 1.96. The van der Waals surface area contributed by atoms with E-state index in [1.54, 1.807) is 12.1 Å². The molecule has 1 amide bonds. The van der Waals surface area contributed by atoms with Gasteiger partial charge in [-0.2, -0.15) is 0 Å². The second-order valence-electron chi connectivity index (χ2n) is 5.62. The minimum Gasteiger partial charge on any atom is -0.335 e. The minimum absolute atomic E-state index is 0.103. The summed E-state index contributed by atoms with van der Waals surface area (Å²) in [7, 11) is 0. The summed E-state index contributed by atoms with van der Waals surface area (Å²) >= 11 is 8.04. The lowest BCUT2D eigenvalue weighted by atomic mass is 10.2. The van der Waals surface area contributed by atoms with E-state index in [-0.39, 0.29) is 17.5 Å². The Morgan fingerprint density at radius 3 is 2.48 bits per heavy atom. The molecule has 10 heteroatoms. The predicted molar refractivity (Wildman–Crippen MR) is 111 cm³/mol. The summed E-state index contributed by atoms with van der Waals surface area (Å²) in [5.41, 5.74) is 2.35. The van der Waals surface area contributed by atoms with Gasteiger partial charge in [0.2, 0.25) is 11.1 Å². The van der Waals surface area contributed by atoms with Gasteiger partial charge in [-0.1, -0.05) is 11.8 Å². The predicted octanol–water partition coefficient (Wildman–Crippen LogP) is 4.36. The molecule has 0 atom stereocenters. The number of aryl methyl sites for hydroxylation is 1. The monoisotopic (exact) mass is 513 g/mol. The van der Waals surface area contributed by atoms with Crippen molar-refractivity contribution in [2.24, 2.45) is 0 Å². The number of nitrogens with two attached hydrogens (primary N) is 1. The van der Waals surface area contributed by atoms with Gasteiger partial charge in [0.15, 0.2) is 5.82 Å². The van der Waals surface area contributed by atoms with E-state index >= 15 is 0 Å². The zero-order valence-corrected chi connectivity index (χ0v) is 18.0. The van der Waals surface area contributed by atoms with Crippen molar-refractivity contribution < 1.29 is 9.18 Å². The number of halogens is 3. The molecule has 3 aromatic rings. The largest absolute Gasteiger partial charge is 0.335 e. The van der Waals surface area contributed by atoms with Crippen molar-refractivity contribution in [3.63, 3.8) is 0 Å². The van der Waals surface area contributed by atoms with Crippen LogP contribution in [0.15, 0.2) is 50.5 Å². The molecule has 1 aromatic heterocycles. The second kappa shape index (κ2) is 8.41. The number of carbonyl (C=O) groups is 1. The Hall–Kier alpha value is -1.91. The van der Waals surface area contributed by atoms with Gasteiger partial charge in [-0.3, -0.25) is 4.79 Å². The quantitative estimate of drug-likeness (QED) is 0.390. The van der Waals surface area contributed by atoms with E-state index in [0.29, 0.717) is 22.2 Å². The van der Waals surface area contributed by atoms with E-state index in [1.807, 2.05) is 19.1 Å². The van der Waals surface area contributed by atoms with E-state index in [0.717, 1.165) is 26.3 Å². The van der Waals surface area contributed by atoms with Gasteiger partial charge in [0.05, 0.1) is 11.4 Å². The number of hydrogen-bond acceptors (Lipinski definition) is 5. The highest BCUT2D eigenvalue weighted by Gasteiger charge is 2.15. The molecule has 0 unspecified atom stereocenters. The number of nitrogen functional groups attached to an aromatic ring is 1. The van der Waals surface area contributed by atoms with Crippen LogP contribution in [0.25, 0.3) is 11.4 Å². The summed E-state index contributed by atoms with van der Waals surface area (Å²) < 4.78 is 15.9. The van der Waals surface area contributed by atoms with Crippen LogP contribution in [0.2, 0.25) is 0 Å². The highest BCUT2D eigenvalue weighted by molar-refractivity contribution is 9.11. The van der Waals surface area contributed by atoms with Crippen LogP contribution >= 0.6 is 43.6 Å². The first-order chi connectivity index (χ1) is 12.8. The van der Waals surface area contributed by atoms with Gasteiger partial charge in [-0.15, -0.1) is 10.2 Å². The van der Waals surface area contributed by atoms with Gasteiger partial charge in [-0.25, -0.2) is 9.07 Å². The molecule has 2 aromatic carbocycles. The number of nitrogens with zero attached hydrogens (tertiary/aromatic N) is 3. The fourth-order valence-corrected chi connectivity index (χ4v) is 4.57. The van der Waals surface area contributed by atoms with Crippen molar-refractivity contribution in [2.45, 2.75) is 12.1 Å². The smallest absolute Gasteiger partial charge is 0.234 e. The first-order valence-electron chi connectivity index (χ1n) is 7.70. The molecule has 0 saturated heterocycles. The molecule has 0 spiro atoms. The number of carbonyl (C=O) groups excluding carboxylic acids is 1. The Morgan fingerprint density at radius 1 is 1.22 bits per heavy atom. The normalized spacial score (nSPS) is 10.8. The summed E-state index contributed by atoms with van der Waals surface area (Å²) in [5.74, 6) is 5.94. The maximum Gasteiger partial charge on any atom is 0.234 e. The van der Waals surface area contributed by atoms with E-state index in [4.69, 9.17) is 5.84 Å². The molecule has 0 aliphatic carbocycles. The summed E-state index contributed by atoms with van der Waals surface area (Å²) in [5, 5.41) is 11.2. The highest BCUT2D eigenvalue weighted by Crippen LogP contribution is 2.32. The van der Waals surface area contributed by atoms with Crippen molar-refractivity contribution in [3.05, 3.63) is 56.7 Å². The van der Waals surface area contributed by atoms with Crippen molar-refractivity contribution in [1.82, 2.24) is 14.9 Å². The molecule has 140 valence electrons. The molecular weight excluding hydrogens is 501 g/mol. The number of amides is 1. The standard InChI is InChI=1S/C17H14Br2FN5OS/c1-9-6-12(18)15(13(19)7-9)22-14(26)8-27-17-24-23-16(25(17)21)10-2-4-11(20)5-3-10/h2-7H,8,21H2,1H3,(H,22,26). The van der Waals surface area contributed by atoms with E-state index < -0.39 is 0 Å². The Balaban J connectivity index is 1.67. The van der Waals surface area contributed by atoms with E-state index in [2.05, 4.69) is 47.4 Å². The molecule has 27 heavy (non-hydrogen) atoms. The first kappa shape index (κ1) is 19.8. The summed E-state index contributed by atoms with van der Waals surface area (Å²) in [4.78, 5) is 12.3. The Kier molecular flexibility index (Phi) is 6.18. The number of nitrogens with one attached hydrogen (secondary N) is 1. The molecule has 0 aliphatic rings. The van der Waals surface area contributed by atoms with Crippen molar-refractivity contribution in [3.8, 4) is 11.4 Å². The van der Waals surface area contributed by atoms with Crippen LogP contribution in [0.1, 0.15) is 5.56 Å². The minimum atomic E-state index is -0.346. The highest BCUT2D eigenvalue weighted by atomic mass is 79.9. The Labute approximate surface area is 176 Å². The third kappa shape index (κ3) is 4.69. The van der Waals surface area contributed by atoms with E-state index in [1.165, 1.54) is 16.8 Å². The van der Waals surface area contributed by atoms with Gasteiger partial charge < -0.3 is 11.2 Å².